The highest BCUT2D eigenvalue weighted by molar-refractivity contribution is 6.05. The molecule has 138 valence electrons. The van der Waals surface area contributed by atoms with Crippen LogP contribution in [0.25, 0.3) is 0 Å². The Bertz CT molecular complexity index is 729. The summed E-state index contributed by atoms with van der Waals surface area (Å²) in [6.07, 6.45) is 2.20. The van der Waals surface area contributed by atoms with Crippen LogP contribution in [-0.4, -0.2) is 24.5 Å². The van der Waals surface area contributed by atoms with E-state index in [4.69, 9.17) is 9.73 Å². The van der Waals surface area contributed by atoms with Crippen molar-refractivity contribution in [2.75, 3.05) is 18.0 Å². The van der Waals surface area contributed by atoms with Gasteiger partial charge in [0.25, 0.3) is 0 Å². The van der Waals surface area contributed by atoms with E-state index in [1.165, 1.54) is 5.69 Å². The first-order valence-corrected chi connectivity index (χ1v) is 9.72. The van der Waals surface area contributed by atoms with Crippen molar-refractivity contribution in [1.29, 1.82) is 0 Å². The van der Waals surface area contributed by atoms with Gasteiger partial charge >= 0.3 is 0 Å². The van der Waals surface area contributed by atoms with Crippen molar-refractivity contribution in [3.63, 3.8) is 0 Å². The highest BCUT2D eigenvalue weighted by Gasteiger charge is 2.35. The number of hydrogen-bond acceptors (Lipinski definition) is 3. The van der Waals surface area contributed by atoms with Crippen LogP contribution < -0.4 is 4.90 Å². The molecule has 1 heterocycles. The Hall–Kier alpha value is -2.13. The number of benzene rings is 2. The molecule has 2 aromatic carbocycles. The Kier molecular flexibility index (Phi) is 5.77. The zero-order valence-electron chi connectivity index (χ0n) is 16.4. The van der Waals surface area contributed by atoms with Crippen molar-refractivity contribution >= 4 is 11.4 Å². The topological polar surface area (TPSA) is 24.8 Å². The van der Waals surface area contributed by atoms with Crippen molar-refractivity contribution in [1.82, 2.24) is 0 Å². The molecule has 0 fully saturated rings. The molecule has 1 atom stereocenters. The van der Waals surface area contributed by atoms with Gasteiger partial charge in [0.1, 0.15) is 6.10 Å². The van der Waals surface area contributed by atoms with Gasteiger partial charge in [0, 0.05) is 18.8 Å². The minimum atomic E-state index is -0.495. The molecule has 0 saturated heterocycles. The Labute approximate surface area is 157 Å². The second-order valence-corrected chi connectivity index (χ2v) is 7.39. The molecule has 0 radical (unpaired) electrons. The van der Waals surface area contributed by atoms with Crippen molar-refractivity contribution in [3.8, 4) is 0 Å². The van der Waals surface area contributed by atoms with Gasteiger partial charge in [0.15, 0.2) is 5.72 Å². The van der Waals surface area contributed by atoms with E-state index in [1.807, 2.05) is 19.9 Å². The lowest BCUT2D eigenvalue weighted by molar-refractivity contribution is -0.0160. The van der Waals surface area contributed by atoms with Crippen LogP contribution in [0.15, 0.2) is 59.6 Å². The van der Waals surface area contributed by atoms with Crippen molar-refractivity contribution in [3.05, 3.63) is 65.7 Å². The predicted molar refractivity (Wildman–Crippen MR) is 110 cm³/mol. The molecule has 0 spiro atoms. The molecule has 0 aliphatic carbocycles. The highest BCUT2D eigenvalue weighted by Crippen LogP contribution is 2.36. The van der Waals surface area contributed by atoms with Crippen LogP contribution in [0.3, 0.4) is 0 Å². The third-order valence-electron chi connectivity index (χ3n) is 4.66. The minimum Gasteiger partial charge on any atom is -0.372 e. The fourth-order valence-corrected chi connectivity index (χ4v) is 3.54. The summed E-state index contributed by atoms with van der Waals surface area (Å²) >= 11 is 0. The van der Waals surface area contributed by atoms with Crippen LogP contribution in [0.5, 0.6) is 0 Å². The van der Waals surface area contributed by atoms with E-state index < -0.39 is 5.72 Å². The smallest absolute Gasteiger partial charge is 0.155 e. The summed E-state index contributed by atoms with van der Waals surface area (Å²) in [6.45, 7) is 10.7. The summed E-state index contributed by atoms with van der Waals surface area (Å²) in [7, 11) is 0. The van der Waals surface area contributed by atoms with Crippen LogP contribution >= 0.6 is 0 Å². The molecule has 1 unspecified atom stereocenters. The van der Waals surface area contributed by atoms with E-state index in [0.717, 1.165) is 42.8 Å². The third-order valence-corrected chi connectivity index (χ3v) is 4.66. The molecular formula is C23H30N2O. The lowest BCUT2D eigenvalue weighted by Crippen LogP contribution is -2.24. The number of hydrogen-bond donors (Lipinski definition) is 0. The summed E-state index contributed by atoms with van der Waals surface area (Å²) < 4.78 is 6.28. The first-order valence-electron chi connectivity index (χ1n) is 9.72. The van der Waals surface area contributed by atoms with Gasteiger partial charge in [-0.05, 0) is 49.9 Å². The van der Waals surface area contributed by atoms with Gasteiger partial charge in [0.2, 0.25) is 0 Å². The Morgan fingerprint density at radius 3 is 2.12 bits per heavy atom. The average Bonchev–Trinajstić information content (AvgIpc) is 2.98. The van der Waals surface area contributed by atoms with Crippen LogP contribution in [0.2, 0.25) is 0 Å². The zero-order valence-corrected chi connectivity index (χ0v) is 16.4. The average molecular weight is 351 g/mol. The normalized spacial score (nSPS) is 18.6. The number of anilines is 1. The quantitative estimate of drug-likeness (QED) is 0.648. The highest BCUT2D eigenvalue weighted by atomic mass is 16.5. The van der Waals surface area contributed by atoms with Crippen LogP contribution in [0, 0.1) is 0 Å². The lowest BCUT2D eigenvalue weighted by atomic mass is 9.99. The molecule has 0 saturated carbocycles. The molecule has 0 N–H and O–H groups in total. The largest absolute Gasteiger partial charge is 0.372 e. The Morgan fingerprint density at radius 2 is 1.54 bits per heavy atom. The first-order chi connectivity index (χ1) is 12.5. The maximum absolute atomic E-state index is 6.28. The summed E-state index contributed by atoms with van der Waals surface area (Å²) in [5.41, 5.74) is 4.10. The molecule has 0 amide bonds. The van der Waals surface area contributed by atoms with Crippen molar-refractivity contribution in [2.24, 2.45) is 4.99 Å². The van der Waals surface area contributed by atoms with E-state index in [1.54, 1.807) is 0 Å². The second-order valence-electron chi connectivity index (χ2n) is 7.39. The van der Waals surface area contributed by atoms with Crippen LogP contribution in [0.1, 0.15) is 57.8 Å². The van der Waals surface area contributed by atoms with Crippen LogP contribution in [-0.2, 0) is 4.74 Å². The minimum absolute atomic E-state index is 0.118. The monoisotopic (exact) mass is 350 g/mol. The molecular weight excluding hydrogens is 320 g/mol. The third kappa shape index (κ3) is 4.16. The summed E-state index contributed by atoms with van der Waals surface area (Å²) in [5, 5.41) is 0. The molecule has 0 aromatic heterocycles. The van der Waals surface area contributed by atoms with E-state index >= 15 is 0 Å². The predicted octanol–water partition coefficient (Wildman–Crippen LogP) is 5.61. The van der Waals surface area contributed by atoms with E-state index in [2.05, 4.69) is 67.3 Å². The van der Waals surface area contributed by atoms with E-state index in [9.17, 15) is 0 Å². The van der Waals surface area contributed by atoms with E-state index in [-0.39, 0.29) is 6.10 Å². The maximum Gasteiger partial charge on any atom is 0.155 e. The summed E-state index contributed by atoms with van der Waals surface area (Å²) in [5.74, 6) is 0. The molecule has 26 heavy (non-hydrogen) atoms. The Morgan fingerprint density at radius 1 is 0.923 bits per heavy atom. The molecule has 0 bridgehead atoms. The number of ether oxygens (including phenoxy) is 1. The van der Waals surface area contributed by atoms with Gasteiger partial charge in [-0.15, -0.1) is 0 Å². The summed E-state index contributed by atoms with van der Waals surface area (Å²) in [4.78, 5) is 7.30. The second kappa shape index (κ2) is 8.05. The molecule has 1 aliphatic rings. The van der Waals surface area contributed by atoms with E-state index in [0.29, 0.717) is 0 Å². The molecule has 3 heteroatoms. The van der Waals surface area contributed by atoms with Gasteiger partial charge in [-0.25, -0.2) is 0 Å². The van der Waals surface area contributed by atoms with Gasteiger partial charge < -0.3 is 9.64 Å². The maximum atomic E-state index is 6.28. The zero-order chi connectivity index (χ0) is 18.6. The van der Waals surface area contributed by atoms with Gasteiger partial charge in [-0.1, -0.05) is 56.3 Å². The van der Waals surface area contributed by atoms with Crippen LogP contribution in [0.4, 0.5) is 5.69 Å². The Balaban J connectivity index is 1.87. The molecule has 2 aromatic rings. The van der Waals surface area contributed by atoms with Gasteiger partial charge in [-0.3, -0.25) is 4.99 Å². The fourth-order valence-electron chi connectivity index (χ4n) is 3.54. The van der Waals surface area contributed by atoms with Crippen molar-refractivity contribution < 1.29 is 4.74 Å². The number of rotatable bonds is 7. The first kappa shape index (κ1) is 18.7. The van der Waals surface area contributed by atoms with Gasteiger partial charge in [0.05, 0.1) is 5.71 Å². The molecule has 1 aliphatic heterocycles. The lowest BCUT2D eigenvalue weighted by Gasteiger charge is -2.25. The standard InChI is InChI=1S/C23H30N2O/c1-5-16-25(17-6-2)20-14-12-19(13-15-20)22-21(24-23(3,4)26-22)18-10-8-7-9-11-18/h7-15,22H,5-6,16-17H2,1-4H3. The number of nitrogens with zero attached hydrogens (tertiary/aromatic N) is 2. The molecule has 3 rings (SSSR count). The van der Waals surface area contributed by atoms with Crippen molar-refractivity contribution in [2.45, 2.75) is 52.4 Å². The SMILES string of the molecule is CCCN(CCC)c1ccc(C2OC(C)(C)N=C2c2ccccc2)cc1. The molecule has 3 nitrogen and oxygen atoms in total. The number of aliphatic imine (C=N–C) groups is 1. The fraction of sp³-hybridized carbons (Fsp3) is 0.435. The summed E-state index contributed by atoms with van der Waals surface area (Å²) in [6, 6.07) is 19.2. The van der Waals surface area contributed by atoms with Gasteiger partial charge in [-0.2, -0.15) is 0 Å².